The molecule has 0 saturated carbocycles. The average molecular weight is 381 g/mol. The summed E-state index contributed by atoms with van der Waals surface area (Å²) in [6.07, 6.45) is -4.05. The minimum absolute atomic E-state index is 0.0209. The fourth-order valence-corrected chi connectivity index (χ4v) is 2.88. The van der Waals surface area contributed by atoms with Crippen LogP contribution in [-0.2, 0) is 23.9 Å². The molecular formula is C17H14F3N3O2S. The Balaban J connectivity index is 1.49. The molecule has 2 heterocycles. The largest absolute Gasteiger partial charge is 0.416 e. The SMILES string of the molecule is O=C(CCc1nc(-c2cccs2)no1)NCc1cccc(C(F)(F)F)c1. The summed E-state index contributed by atoms with van der Waals surface area (Å²) in [4.78, 5) is 17.0. The number of benzene rings is 1. The highest BCUT2D eigenvalue weighted by molar-refractivity contribution is 7.13. The Morgan fingerprint density at radius 3 is 2.81 bits per heavy atom. The van der Waals surface area contributed by atoms with Crippen molar-refractivity contribution in [2.24, 2.45) is 0 Å². The summed E-state index contributed by atoms with van der Waals surface area (Å²) >= 11 is 1.48. The lowest BCUT2D eigenvalue weighted by molar-refractivity contribution is -0.137. The molecule has 1 aromatic carbocycles. The number of aryl methyl sites for hydroxylation is 1. The molecule has 0 unspecified atom stereocenters. The first-order valence-electron chi connectivity index (χ1n) is 7.71. The second-order valence-corrected chi connectivity index (χ2v) is 6.41. The predicted octanol–water partition coefficient (Wildman–Crippen LogP) is 4.07. The molecule has 0 aliphatic heterocycles. The van der Waals surface area contributed by atoms with Gasteiger partial charge in [0.25, 0.3) is 0 Å². The number of nitrogens with zero attached hydrogens (tertiary/aromatic N) is 2. The minimum Gasteiger partial charge on any atom is -0.352 e. The van der Waals surface area contributed by atoms with Gasteiger partial charge in [0.2, 0.25) is 17.6 Å². The van der Waals surface area contributed by atoms with E-state index in [1.807, 2.05) is 17.5 Å². The van der Waals surface area contributed by atoms with Crippen LogP contribution in [0.2, 0.25) is 0 Å². The van der Waals surface area contributed by atoms with Crippen LogP contribution in [0.3, 0.4) is 0 Å². The number of hydrogen-bond donors (Lipinski definition) is 1. The van der Waals surface area contributed by atoms with E-state index in [4.69, 9.17) is 4.52 Å². The summed E-state index contributed by atoms with van der Waals surface area (Å²) in [6, 6.07) is 8.59. The van der Waals surface area contributed by atoms with Gasteiger partial charge in [0.15, 0.2) is 0 Å². The molecule has 0 bridgehead atoms. The van der Waals surface area contributed by atoms with Gasteiger partial charge in [-0.2, -0.15) is 18.2 Å². The predicted molar refractivity (Wildman–Crippen MR) is 89.2 cm³/mol. The van der Waals surface area contributed by atoms with Gasteiger partial charge in [-0.15, -0.1) is 11.3 Å². The molecule has 1 N–H and O–H groups in total. The van der Waals surface area contributed by atoms with Crippen LogP contribution in [0.1, 0.15) is 23.4 Å². The highest BCUT2D eigenvalue weighted by Gasteiger charge is 2.30. The van der Waals surface area contributed by atoms with Gasteiger partial charge in [0.1, 0.15) is 0 Å². The third-order valence-electron chi connectivity index (χ3n) is 3.52. The number of nitrogens with one attached hydrogen (secondary N) is 1. The number of rotatable bonds is 6. The molecule has 5 nitrogen and oxygen atoms in total. The van der Waals surface area contributed by atoms with Crippen LogP contribution >= 0.6 is 11.3 Å². The van der Waals surface area contributed by atoms with E-state index < -0.39 is 11.7 Å². The summed E-state index contributed by atoms with van der Waals surface area (Å²) in [6.45, 7) is 0.0209. The van der Waals surface area contributed by atoms with Gasteiger partial charge in [0, 0.05) is 19.4 Å². The Bertz CT molecular complexity index is 876. The third kappa shape index (κ3) is 4.69. The molecule has 0 saturated heterocycles. The van der Waals surface area contributed by atoms with Crippen molar-refractivity contribution in [3.8, 4) is 10.7 Å². The van der Waals surface area contributed by atoms with E-state index in [9.17, 15) is 18.0 Å². The van der Waals surface area contributed by atoms with Crippen molar-refractivity contribution in [3.63, 3.8) is 0 Å². The number of alkyl halides is 3. The average Bonchev–Trinajstić information content (AvgIpc) is 3.29. The van der Waals surface area contributed by atoms with E-state index in [1.165, 1.54) is 23.5 Å². The van der Waals surface area contributed by atoms with Crippen molar-refractivity contribution in [1.82, 2.24) is 15.5 Å². The maximum absolute atomic E-state index is 12.7. The minimum atomic E-state index is -4.40. The number of carbonyl (C=O) groups excluding carboxylic acids is 1. The second kappa shape index (κ2) is 7.69. The molecule has 0 aliphatic carbocycles. The normalized spacial score (nSPS) is 11.5. The zero-order valence-corrected chi connectivity index (χ0v) is 14.2. The summed E-state index contributed by atoms with van der Waals surface area (Å²) < 4.78 is 43.1. The second-order valence-electron chi connectivity index (χ2n) is 5.46. The monoisotopic (exact) mass is 381 g/mol. The van der Waals surface area contributed by atoms with Crippen molar-refractivity contribution >= 4 is 17.2 Å². The first-order valence-corrected chi connectivity index (χ1v) is 8.59. The summed E-state index contributed by atoms with van der Waals surface area (Å²) in [5.41, 5.74) is -0.359. The van der Waals surface area contributed by atoms with E-state index in [0.717, 1.165) is 17.0 Å². The van der Waals surface area contributed by atoms with Gasteiger partial charge in [-0.3, -0.25) is 4.79 Å². The highest BCUT2D eigenvalue weighted by atomic mass is 32.1. The Hall–Kier alpha value is -2.68. The molecule has 2 aromatic heterocycles. The standard InChI is InChI=1S/C17H14F3N3O2S/c18-17(19,20)12-4-1-3-11(9-12)10-21-14(24)6-7-15-22-16(23-25-15)13-5-2-8-26-13/h1-5,8-9H,6-7,10H2,(H,21,24). The van der Waals surface area contributed by atoms with E-state index >= 15 is 0 Å². The number of thiophene rings is 1. The van der Waals surface area contributed by atoms with Crippen molar-refractivity contribution < 1.29 is 22.5 Å². The third-order valence-corrected chi connectivity index (χ3v) is 4.39. The summed E-state index contributed by atoms with van der Waals surface area (Å²) in [5.74, 6) is 0.500. The van der Waals surface area contributed by atoms with Crippen LogP contribution in [0, 0.1) is 0 Å². The fraction of sp³-hybridized carbons (Fsp3) is 0.235. The van der Waals surface area contributed by atoms with Gasteiger partial charge >= 0.3 is 6.18 Å². The molecule has 26 heavy (non-hydrogen) atoms. The molecule has 0 radical (unpaired) electrons. The Kier molecular flexibility index (Phi) is 5.36. The Morgan fingerprint density at radius 2 is 2.08 bits per heavy atom. The number of aromatic nitrogens is 2. The van der Waals surface area contributed by atoms with Gasteiger partial charge in [0.05, 0.1) is 10.4 Å². The lowest BCUT2D eigenvalue weighted by Gasteiger charge is -2.09. The fourth-order valence-electron chi connectivity index (χ4n) is 2.23. The smallest absolute Gasteiger partial charge is 0.352 e. The Morgan fingerprint density at radius 1 is 1.23 bits per heavy atom. The summed E-state index contributed by atoms with van der Waals surface area (Å²) in [5, 5.41) is 8.33. The number of hydrogen-bond acceptors (Lipinski definition) is 5. The number of amides is 1. The molecule has 136 valence electrons. The number of halogens is 3. The lowest BCUT2D eigenvalue weighted by atomic mass is 10.1. The van der Waals surface area contributed by atoms with Crippen LogP contribution in [-0.4, -0.2) is 16.0 Å². The maximum Gasteiger partial charge on any atom is 0.416 e. The molecule has 0 fully saturated rings. The van der Waals surface area contributed by atoms with Crippen LogP contribution in [0.5, 0.6) is 0 Å². The molecule has 9 heteroatoms. The first-order chi connectivity index (χ1) is 12.4. The van der Waals surface area contributed by atoms with Crippen molar-refractivity contribution in [3.05, 3.63) is 58.8 Å². The lowest BCUT2D eigenvalue weighted by Crippen LogP contribution is -2.23. The molecule has 0 aliphatic rings. The molecule has 1 amide bonds. The maximum atomic E-state index is 12.7. The highest BCUT2D eigenvalue weighted by Crippen LogP contribution is 2.29. The van der Waals surface area contributed by atoms with E-state index in [-0.39, 0.29) is 25.3 Å². The van der Waals surface area contributed by atoms with E-state index in [2.05, 4.69) is 15.5 Å². The molecule has 0 spiro atoms. The molecule has 3 aromatic rings. The van der Waals surface area contributed by atoms with Gasteiger partial charge in [-0.1, -0.05) is 23.4 Å². The molecular weight excluding hydrogens is 367 g/mol. The summed E-state index contributed by atoms with van der Waals surface area (Å²) in [7, 11) is 0. The molecule has 0 atom stereocenters. The van der Waals surface area contributed by atoms with Crippen LogP contribution in [0.4, 0.5) is 13.2 Å². The van der Waals surface area contributed by atoms with Crippen molar-refractivity contribution in [1.29, 1.82) is 0 Å². The van der Waals surface area contributed by atoms with Crippen molar-refractivity contribution in [2.75, 3.05) is 0 Å². The van der Waals surface area contributed by atoms with Crippen molar-refractivity contribution in [2.45, 2.75) is 25.6 Å². The van der Waals surface area contributed by atoms with Gasteiger partial charge < -0.3 is 9.84 Å². The number of carbonyl (C=O) groups is 1. The topological polar surface area (TPSA) is 68.0 Å². The van der Waals surface area contributed by atoms with Gasteiger partial charge in [-0.05, 0) is 29.1 Å². The van der Waals surface area contributed by atoms with Gasteiger partial charge in [-0.25, -0.2) is 0 Å². The van der Waals surface area contributed by atoms with Crippen LogP contribution in [0.15, 0.2) is 46.3 Å². The quantitative estimate of drug-likeness (QED) is 0.699. The zero-order valence-electron chi connectivity index (χ0n) is 13.4. The van der Waals surface area contributed by atoms with E-state index in [0.29, 0.717) is 17.3 Å². The van der Waals surface area contributed by atoms with E-state index in [1.54, 1.807) is 0 Å². The Labute approximate surface area is 150 Å². The van der Waals surface area contributed by atoms with Crippen LogP contribution in [0.25, 0.3) is 10.7 Å². The zero-order chi connectivity index (χ0) is 18.6. The molecule has 3 rings (SSSR count). The first kappa shape index (κ1) is 18.1. The van der Waals surface area contributed by atoms with Crippen LogP contribution < -0.4 is 5.32 Å².